The lowest BCUT2D eigenvalue weighted by atomic mass is 10.2. The summed E-state index contributed by atoms with van der Waals surface area (Å²) in [5.41, 5.74) is 3.85. The molecule has 1 heterocycles. The maximum atomic E-state index is 12.1. The van der Waals surface area contributed by atoms with Crippen molar-refractivity contribution in [2.75, 3.05) is 0 Å². The first-order valence-electron chi connectivity index (χ1n) is 7.73. The zero-order chi connectivity index (χ0) is 17.1. The van der Waals surface area contributed by atoms with Gasteiger partial charge in [0.2, 0.25) is 0 Å². The summed E-state index contributed by atoms with van der Waals surface area (Å²) >= 11 is 6.41. The molecule has 2 N–H and O–H groups in total. The van der Waals surface area contributed by atoms with Gasteiger partial charge >= 0.3 is 0 Å². The summed E-state index contributed by atoms with van der Waals surface area (Å²) < 4.78 is 3.11. The SMILES string of the molecule is O=C(N/N=C\c1ccn(C2CCCC2)c1)c1cc(Br)c(O)c(Br)c1. The highest BCUT2D eigenvalue weighted by Gasteiger charge is 2.16. The van der Waals surface area contributed by atoms with Gasteiger partial charge in [-0.05, 0) is 62.9 Å². The molecule has 0 saturated heterocycles. The quantitative estimate of drug-likeness (QED) is 0.523. The maximum Gasteiger partial charge on any atom is 0.271 e. The first-order chi connectivity index (χ1) is 11.5. The molecule has 5 nitrogen and oxygen atoms in total. The number of benzene rings is 1. The lowest BCUT2D eigenvalue weighted by Crippen LogP contribution is -2.17. The van der Waals surface area contributed by atoms with Gasteiger partial charge < -0.3 is 9.67 Å². The van der Waals surface area contributed by atoms with Crippen LogP contribution in [0.25, 0.3) is 0 Å². The number of carbonyl (C=O) groups is 1. The summed E-state index contributed by atoms with van der Waals surface area (Å²) in [5, 5.41) is 13.7. The normalized spacial score (nSPS) is 15.2. The number of carbonyl (C=O) groups excluding carboxylic acids is 1. The third-order valence-electron chi connectivity index (χ3n) is 4.14. The highest BCUT2D eigenvalue weighted by molar-refractivity contribution is 9.11. The highest BCUT2D eigenvalue weighted by Crippen LogP contribution is 2.33. The summed E-state index contributed by atoms with van der Waals surface area (Å²) in [4.78, 5) is 12.1. The van der Waals surface area contributed by atoms with E-state index >= 15 is 0 Å². The van der Waals surface area contributed by atoms with Crippen LogP contribution in [0.4, 0.5) is 0 Å². The van der Waals surface area contributed by atoms with E-state index in [4.69, 9.17) is 0 Å². The molecule has 2 aromatic rings. The number of hydrazone groups is 1. The van der Waals surface area contributed by atoms with Crippen molar-refractivity contribution in [3.63, 3.8) is 0 Å². The number of phenols is 1. The molecule has 1 aromatic carbocycles. The summed E-state index contributed by atoms with van der Waals surface area (Å²) in [6, 6.07) is 5.67. The van der Waals surface area contributed by atoms with E-state index in [0.29, 0.717) is 20.6 Å². The number of hydrogen-bond acceptors (Lipinski definition) is 3. The minimum absolute atomic E-state index is 0.0586. The Kier molecular flexibility index (Phi) is 5.40. The van der Waals surface area contributed by atoms with E-state index in [9.17, 15) is 9.90 Å². The number of nitrogens with one attached hydrogen (secondary N) is 1. The van der Waals surface area contributed by atoms with Gasteiger partial charge in [-0.3, -0.25) is 4.79 Å². The number of amides is 1. The lowest BCUT2D eigenvalue weighted by Gasteiger charge is -2.10. The molecule has 1 aromatic heterocycles. The fraction of sp³-hybridized carbons (Fsp3) is 0.294. The summed E-state index contributed by atoms with van der Waals surface area (Å²) in [5.74, 6) is -0.286. The monoisotopic (exact) mass is 453 g/mol. The van der Waals surface area contributed by atoms with Crippen molar-refractivity contribution in [3.05, 3.63) is 50.7 Å². The largest absolute Gasteiger partial charge is 0.506 e. The van der Waals surface area contributed by atoms with Crippen LogP contribution < -0.4 is 5.43 Å². The van der Waals surface area contributed by atoms with Crippen LogP contribution in [0.3, 0.4) is 0 Å². The molecule has 0 unspecified atom stereocenters. The van der Waals surface area contributed by atoms with Crippen molar-refractivity contribution in [2.24, 2.45) is 5.10 Å². The van der Waals surface area contributed by atoms with E-state index in [-0.39, 0.29) is 11.7 Å². The average molecular weight is 455 g/mol. The predicted octanol–water partition coefficient (Wildman–Crippen LogP) is 4.60. The van der Waals surface area contributed by atoms with Gasteiger partial charge in [0.1, 0.15) is 5.75 Å². The number of hydrogen-bond donors (Lipinski definition) is 2. The number of rotatable bonds is 4. The Hall–Kier alpha value is -1.60. The molecule has 1 saturated carbocycles. The van der Waals surface area contributed by atoms with Gasteiger partial charge in [0.25, 0.3) is 5.91 Å². The van der Waals surface area contributed by atoms with Gasteiger partial charge in [-0.25, -0.2) is 5.43 Å². The first kappa shape index (κ1) is 17.2. The standard InChI is InChI=1S/C17H17Br2N3O2/c18-14-7-12(8-15(19)16(14)23)17(24)21-20-9-11-5-6-22(10-11)13-3-1-2-4-13/h5-10,13,23H,1-4H2,(H,21,24)/b20-9-. The highest BCUT2D eigenvalue weighted by atomic mass is 79.9. The van der Waals surface area contributed by atoms with E-state index in [0.717, 1.165) is 5.56 Å². The molecule has 0 aliphatic heterocycles. The molecule has 7 heteroatoms. The van der Waals surface area contributed by atoms with Gasteiger partial charge in [0.05, 0.1) is 15.2 Å². The Morgan fingerprint density at radius 2 is 1.96 bits per heavy atom. The number of nitrogens with zero attached hydrogens (tertiary/aromatic N) is 2. The van der Waals surface area contributed by atoms with E-state index in [1.807, 2.05) is 6.07 Å². The van der Waals surface area contributed by atoms with E-state index < -0.39 is 0 Å². The Morgan fingerprint density at radius 3 is 2.62 bits per heavy atom. The number of aromatic nitrogens is 1. The molecule has 24 heavy (non-hydrogen) atoms. The molecule has 1 amide bonds. The number of phenolic OH excluding ortho intramolecular Hbond substituents is 1. The van der Waals surface area contributed by atoms with Crippen molar-refractivity contribution < 1.29 is 9.90 Å². The van der Waals surface area contributed by atoms with Crippen LogP contribution in [0.15, 0.2) is 44.6 Å². The van der Waals surface area contributed by atoms with Crippen molar-refractivity contribution in [1.82, 2.24) is 9.99 Å². The maximum absolute atomic E-state index is 12.1. The molecule has 0 radical (unpaired) electrons. The second-order valence-corrected chi connectivity index (χ2v) is 7.53. The van der Waals surface area contributed by atoms with Crippen molar-refractivity contribution in [2.45, 2.75) is 31.7 Å². The lowest BCUT2D eigenvalue weighted by molar-refractivity contribution is 0.0955. The summed E-state index contributed by atoms with van der Waals surface area (Å²) in [6.07, 6.45) is 10.8. The summed E-state index contributed by atoms with van der Waals surface area (Å²) in [6.45, 7) is 0. The molecule has 1 fully saturated rings. The van der Waals surface area contributed by atoms with Gasteiger partial charge in [-0.2, -0.15) is 5.10 Å². The Morgan fingerprint density at radius 1 is 1.29 bits per heavy atom. The third kappa shape index (κ3) is 3.89. The minimum Gasteiger partial charge on any atom is -0.506 e. The Balaban J connectivity index is 1.62. The van der Waals surface area contributed by atoms with Crippen LogP contribution in [0.1, 0.15) is 47.6 Å². The smallest absolute Gasteiger partial charge is 0.271 e. The summed E-state index contributed by atoms with van der Waals surface area (Å²) in [7, 11) is 0. The van der Waals surface area contributed by atoms with Crippen LogP contribution in [-0.4, -0.2) is 21.8 Å². The topological polar surface area (TPSA) is 66.6 Å². The predicted molar refractivity (Wildman–Crippen MR) is 101 cm³/mol. The van der Waals surface area contributed by atoms with E-state index in [2.05, 4.69) is 59.3 Å². The van der Waals surface area contributed by atoms with Crippen molar-refractivity contribution in [1.29, 1.82) is 0 Å². The van der Waals surface area contributed by atoms with E-state index in [1.165, 1.54) is 25.7 Å². The molecule has 3 rings (SSSR count). The van der Waals surface area contributed by atoms with E-state index in [1.54, 1.807) is 18.3 Å². The van der Waals surface area contributed by atoms with Gasteiger partial charge in [-0.1, -0.05) is 12.8 Å². The number of aromatic hydroxyl groups is 1. The van der Waals surface area contributed by atoms with Crippen LogP contribution in [-0.2, 0) is 0 Å². The van der Waals surface area contributed by atoms with Crippen molar-refractivity contribution >= 4 is 44.0 Å². The molecular formula is C17H17Br2N3O2. The van der Waals surface area contributed by atoms with Gasteiger partial charge in [-0.15, -0.1) is 0 Å². The van der Waals surface area contributed by atoms with Crippen LogP contribution >= 0.6 is 31.9 Å². The second kappa shape index (κ2) is 7.53. The number of halogens is 2. The second-order valence-electron chi connectivity index (χ2n) is 5.82. The fourth-order valence-corrected chi connectivity index (χ4v) is 4.05. The third-order valence-corrected chi connectivity index (χ3v) is 5.35. The molecule has 0 spiro atoms. The van der Waals surface area contributed by atoms with Crippen LogP contribution in [0, 0.1) is 0 Å². The van der Waals surface area contributed by atoms with Gasteiger partial charge in [0, 0.05) is 29.6 Å². The molecule has 126 valence electrons. The van der Waals surface area contributed by atoms with Crippen LogP contribution in [0.5, 0.6) is 5.75 Å². The van der Waals surface area contributed by atoms with Crippen LogP contribution in [0.2, 0.25) is 0 Å². The Bertz CT molecular complexity index is 757. The average Bonchev–Trinajstić information content (AvgIpc) is 3.23. The Labute approximate surface area is 157 Å². The van der Waals surface area contributed by atoms with Crippen molar-refractivity contribution in [3.8, 4) is 5.75 Å². The molecule has 1 aliphatic carbocycles. The zero-order valence-electron chi connectivity index (χ0n) is 12.9. The molecule has 0 atom stereocenters. The molecular weight excluding hydrogens is 438 g/mol. The zero-order valence-corrected chi connectivity index (χ0v) is 16.0. The first-order valence-corrected chi connectivity index (χ1v) is 9.32. The fourth-order valence-electron chi connectivity index (χ4n) is 2.86. The molecule has 0 bridgehead atoms. The van der Waals surface area contributed by atoms with Gasteiger partial charge in [0.15, 0.2) is 0 Å². The minimum atomic E-state index is -0.345. The molecule has 1 aliphatic rings.